The average Bonchev–Trinajstić information content (AvgIpc) is 3.37. The molecule has 1 aliphatic carbocycles. The predicted octanol–water partition coefficient (Wildman–Crippen LogP) is 7.53. The lowest BCUT2D eigenvalue weighted by molar-refractivity contribution is -0.157. The SMILES string of the molecule is Cc1c(F)sc2ccc(CCC(NC(=O)OCC3c4ccccc4-c4ccccc43)C(=O)OC(C)(C)C)cc12. The smallest absolute Gasteiger partial charge is 0.407 e. The molecule has 0 radical (unpaired) electrons. The summed E-state index contributed by atoms with van der Waals surface area (Å²) < 4.78 is 26.2. The molecule has 1 atom stereocenters. The number of halogens is 1. The summed E-state index contributed by atoms with van der Waals surface area (Å²) in [5.74, 6) is -0.598. The zero-order valence-electron chi connectivity index (χ0n) is 22.5. The van der Waals surface area contributed by atoms with Crippen molar-refractivity contribution in [3.8, 4) is 11.1 Å². The first-order valence-electron chi connectivity index (χ1n) is 13.1. The first-order valence-corrected chi connectivity index (χ1v) is 13.9. The molecule has 0 spiro atoms. The van der Waals surface area contributed by atoms with Crippen LogP contribution in [0.4, 0.5) is 9.18 Å². The highest BCUT2D eigenvalue weighted by atomic mass is 32.1. The Labute approximate surface area is 232 Å². The first kappa shape index (κ1) is 26.9. The minimum Gasteiger partial charge on any atom is -0.458 e. The molecule has 0 bridgehead atoms. The van der Waals surface area contributed by atoms with E-state index in [1.165, 1.54) is 0 Å². The minimum absolute atomic E-state index is 0.0795. The predicted molar refractivity (Wildman–Crippen MR) is 153 cm³/mol. The summed E-state index contributed by atoms with van der Waals surface area (Å²) in [6, 6.07) is 21.1. The number of alkyl carbamates (subject to hydrolysis) is 1. The Morgan fingerprint density at radius 3 is 2.28 bits per heavy atom. The maximum Gasteiger partial charge on any atom is 0.407 e. The second kappa shape index (κ2) is 10.8. The number of benzene rings is 3. The van der Waals surface area contributed by atoms with Crippen molar-refractivity contribution in [3.05, 3.63) is 94.1 Å². The van der Waals surface area contributed by atoms with E-state index in [0.717, 1.165) is 49.2 Å². The number of esters is 1. The number of nitrogens with one attached hydrogen (secondary N) is 1. The molecule has 5 nitrogen and oxygen atoms in total. The summed E-state index contributed by atoms with van der Waals surface area (Å²) in [4.78, 5) is 26.0. The third-order valence-corrected chi connectivity index (χ3v) is 8.05. The van der Waals surface area contributed by atoms with Crippen LogP contribution in [0.15, 0.2) is 66.7 Å². The number of carbonyl (C=O) groups excluding carboxylic acids is 2. The summed E-state index contributed by atoms with van der Waals surface area (Å²) in [6.07, 6.45) is 0.149. The van der Waals surface area contributed by atoms with E-state index >= 15 is 0 Å². The Kier molecular flexibility index (Phi) is 7.45. The number of ether oxygens (including phenoxy) is 2. The molecule has 1 unspecified atom stereocenters. The number of amides is 1. The number of hydrogen-bond acceptors (Lipinski definition) is 5. The number of thiophene rings is 1. The molecule has 202 valence electrons. The van der Waals surface area contributed by atoms with Crippen LogP contribution in [-0.4, -0.2) is 30.3 Å². The molecule has 0 saturated carbocycles. The van der Waals surface area contributed by atoms with E-state index in [-0.39, 0.29) is 17.7 Å². The first-order chi connectivity index (χ1) is 18.6. The van der Waals surface area contributed by atoms with Gasteiger partial charge in [0.1, 0.15) is 18.2 Å². The Morgan fingerprint density at radius 2 is 1.64 bits per heavy atom. The van der Waals surface area contributed by atoms with Crippen LogP contribution in [-0.2, 0) is 20.7 Å². The molecule has 1 amide bonds. The molecule has 0 saturated heterocycles. The topological polar surface area (TPSA) is 64.6 Å². The van der Waals surface area contributed by atoms with Crippen molar-refractivity contribution in [2.45, 2.75) is 58.1 Å². The van der Waals surface area contributed by atoms with Crippen LogP contribution < -0.4 is 5.32 Å². The Balaban J connectivity index is 1.28. The third kappa shape index (κ3) is 5.83. The lowest BCUT2D eigenvalue weighted by atomic mass is 9.98. The Morgan fingerprint density at radius 1 is 1.00 bits per heavy atom. The minimum atomic E-state index is -0.893. The van der Waals surface area contributed by atoms with Crippen LogP contribution in [0.2, 0.25) is 0 Å². The van der Waals surface area contributed by atoms with Gasteiger partial charge >= 0.3 is 12.1 Å². The fourth-order valence-electron chi connectivity index (χ4n) is 5.11. The van der Waals surface area contributed by atoms with E-state index in [0.29, 0.717) is 18.4 Å². The Hall–Kier alpha value is -3.71. The molecular formula is C32H32FNO4S. The largest absolute Gasteiger partial charge is 0.458 e. The lowest BCUT2D eigenvalue weighted by Gasteiger charge is -2.25. The highest BCUT2D eigenvalue weighted by molar-refractivity contribution is 7.17. The quantitative estimate of drug-likeness (QED) is 0.244. The average molecular weight is 546 g/mol. The molecule has 1 aliphatic rings. The second-order valence-electron chi connectivity index (χ2n) is 10.9. The highest BCUT2D eigenvalue weighted by Gasteiger charge is 2.31. The summed E-state index contributed by atoms with van der Waals surface area (Å²) in [7, 11) is 0. The van der Waals surface area contributed by atoms with Crippen LogP contribution in [0.25, 0.3) is 21.2 Å². The summed E-state index contributed by atoms with van der Waals surface area (Å²) in [5, 5.41) is 3.42. The number of fused-ring (bicyclic) bond motifs is 4. The van der Waals surface area contributed by atoms with E-state index < -0.39 is 23.7 Å². The zero-order chi connectivity index (χ0) is 27.7. The van der Waals surface area contributed by atoms with Crippen LogP contribution in [0.3, 0.4) is 0 Å². The Bertz CT molecular complexity index is 1490. The molecule has 3 aromatic carbocycles. The number of carbonyl (C=O) groups is 2. The molecule has 5 rings (SSSR count). The van der Waals surface area contributed by atoms with Crippen molar-refractivity contribution in [2.24, 2.45) is 0 Å². The molecule has 1 heterocycles. The monoisotopic (exact) mass is 545 g/mol. The number of rotatable bonds is 7. The fourth-order valence-corrected chi connectivity index (χ4v) is 6.02. The van der Waals surface area contributed by atoms with Gasteiger partial charge in [-0.1, -0.05) is 54.6 Å². The van der Waals surface area contributed by atoms with Gasteiger partial charge in [0.05, 0.1) is 0 Å². The fraction of sp³-hybridized carbons (Fsp3) is 0.312. The summed E-state index contributed by atoms with van der Waals surface area (Å²) in [6.45, 7) is 7.28. The van der Waals surface area contributed by atoms with Crippen LogP contribution >= 0.6 is 11.3 Å². The molecule has 39 heavy (non-hydrogen) atoms. The maximum absolute atomic E-state index is 14.0. The second-order valence-corrected chi connectivity index (χ2v) is 11.9. The maximum atomic E-state index is 14.0. The standard InChI is InChI=1S/C32H32FNO4S/c1-19-25-17-20(14-16-28(25)39-29(19)33)13-15-27(30(35)38-32(2,3)4)34-31(36)37-18-26-23-11-7-5-9-21(23)22-10-6-8-12-24(22)26/h5-12,14,16-17,26-27H,13,15,18H2,1-4H3,(H,34,36). The van der Waals surface area contributed by atoms with Crippen molar-refractivity contribution >= 4 is 33.5 Å². The van der Waals surface area contributed by atoms with E-state index in [1.54, 1.807) is 27.7 Å². The van der Waals surface area contributed by atoms with E-state index in [4.69, 9.17) is 9.47 Å². The molecule has 1 aromatic heterocycles. The third-order valence-electron chi connectivity index (χ3n) is 6.99. The van der Waals surface area contributed by atoms with Gasteiger partial charge in [-0.15, -0.1) is 11.3 Å². The number of hydrogen-bond donors (Lipinski definition) is 1. The van der Waals surface area contributed by atoms with Gasteiger partial charge in [-0.2, -0.15) is 4.39 Å². The van der Waals surface area contributed by atoms with E-state index in [2.05, 4.69) is 29.6 Å². The summed E-state index contributed by atoms with van der Waals surface area (Å²) >= 11 is 1.12. The lowest BCUT2D eigenvalue weighted by Crippen LogP contribution is -2.45. The van der Waals surface area contributed by atoms with Crippen LogP contribution in [0.1, 0.15) is 55.4 Å². The summed E-state index contributed by atoms with van der Waals surface area (Å²) in [5.41, 5.74) is 5.39. The molecule has 1 N–H and O–H groups in total. The molecule has 0 fully saturated rings. The highest BCUT2D eigenvalue weighted by Crippen LogP contribution is 2.44. The van der Waals surface area contributed by atoms with Gasteiger partial charge < -0.3 is 14.8 Å². The van der Waals surface area contributed by atoms with Gasteiger partial charge in [-0.05, 0) is 85.9 Å². The van der Waals surface area contributed by atoms with Gasteiger partial charge in [0, 0.05) is 16.2 Å². The van der Waals surface area contributed by atoms with Crippen molar-refractivity contribution < 1.29 is 23.5 Å². The van der Waals surface area contributed by atoms with Crippen molar-refractivity contribution in [2.75, 3.05) is 6.61 Å². The molecule has 4 aromatic rings. The molecule has 0 aliphatic heterocycles. The normalized spacial score (nSPS) is 13.6. The van der Waals surface area contributed by atoms with Crippen molar-refractivity contribution in [1.29, 1.82) is 0 Å². The van der Waals surface area contributed by atoms with E-state index in [1.807, 2.05) is 42.5 Å². The van der Waals surface area contributed by atoms with Gasteiger partial charge in [0.2, 0.25) is 0 Å². The molecule has 7 heteroatoms. The van der Waals surface area contributed by atoms with Crippen LogP contribution in [0, 0.1) is 12.1 Å². The van der Waals surface area contributed by atoms with Crippen LogP contribution in [0.5, 0.6) is 0 Å². The molecular weight excluding hydrogens is 513 g/mol. The zero-order valence-corrected chi connectivity index (χ0v) is 23.4. The van der Waals surface area contributed by atoms with Gasteiger partial charge in [-0.25, -0.2) is 9.59 Å². The van der Waals surface area contributed by atoms with Crippen molar-refractivity contribution in [3.63, 3.8) is 0 Å². The van der Waals surface area contributed by atoms with Gasteiger partial charge in [-0.3, -0.25) is 0 Å². The van der Waals surface area contributed by atoms with Gasteiger partial charge in [0.15, 0.2) is 5.13 Å². The van der Waals surface area contributed by atoms with E-state index in [9.17, 15) is 14.0 Å². The van der Waals surface area contributed by atoms with Gasteiger partial charge in [0.25, 0.3) is 0 Å². The number of aryl methyl sites for hydroxylation is 2. The van der Waals surface area contributed by atoms with Crippen molar-refractivity contribution in [1.82, 2.24) is 5.32 Å².